The average Bonchev–Trinajstić information content (AvgIpc) is 3.37. The summed E-state index contributed by atoms with van der Waals surface area (Å²) >= 11 is 0. The third-order valence-electron chi connectivity index (χ3n) is 5.07. The fourth-order valence-electron chi connectivity index (χ4n) is 3.60. The summed E-state index contributed by atoms with van der Waals surface area (Å²) in [6.45, 7) is 2.28. The second-order valence-electron chi connectivity index (χ2n) is 7.15. The predicted octanol–water partition coefficient (Wildman–Crippen LogP) is 3.37. The van der Waals surface area contributed by atoms with Crippen molar-refractivity contribution in [3.63, 3.8) is 0 Å². The van der Waals surface area contributed by atoms with Crippen molar-refractivity contribution in [1.82, 2.24) is 9.88 Å². The predicted molar refractivity (Wildman–Crippen MR) is 110 cm³/mol. The summed E-state index contributed by atoms with van der Waals surface area (Å²) in [5.74, 6) is 0.517. The van der Waals surface area contributed by atoms with Crippen LogP contribution in [0.2, 0.25) is 0 Å². The van der Waals surface area contributed by atoms with Crippen molar-refractivity contribution >= 4 is 17.8 Å². The number of rotatable bonds is 8. The van der Waals surface area contributed by atoms with Crippen molar-refractivity contribution in [1.29, 1.82) is 5.41 Å². The Morgan fingerprint density at radius 1 is 1.31 bits per heavy atom. The lowest BCUT2D eigenvalue weighted by Gasteiger charge is -2.16. The van der Waals surface area contributed by atoms with Crippen molar-refractivity contribution in [3.8, 4) is 5.75 Å². The highest BCUT2D eigenvalue weighted by Gasteiger charge is 2.31. The Labute approximate surface area is 169 Å². The van der Waals surface area contributed by atoms with Gasteiger partial charge in [0.05, 0.1) is 17.9 Å². The third kappa shape index (κ3) is 4.46. The van der Waals surface area contributed by atoms with E-state index in [2.05, 4.69) is 10.3 Å². The lowest BCUT2D eigenvalue weighted by atomic mass is 10.1. The molecule has 0 radical (unpaired) electrons. The maximum absolute atomic E-state index is 13.0. The lowest BCUT2D eigenvalue weighted by molar-refractivity contribution is 0.0658. The number of benzene rings is 1. The average molecular weight is 392 g/mol. The van der Waals surface area contributed by atoms with Gasteiger partial charge in [-0.05, 0) is 36.6 Å². The van der Waals surface area contributed by atoms with Crippen LogP contribution in [0.25, 0.3) is 0 Å². The Morgan fingerprint density at radius 3 is 2.93 bits per heavy atom. The lowest BCUT2D eigenvalue weighted by Crippen LogP contribution is -2.24. The largest absolute Gasteiger partial charge is 0.488 e. The number of anilines is 1. The number of carbonyl (C=O) groups excluding carboxylic acids is 1. The molecule has 1 fully saturated rings. The number of fused-ring (bicyclic) bond motifs is 1. The van der Waals surface area contributed by atoms with E-state index in [0.717, 1.165) is 36.3 Å². The molecule has 1 unspecified atom stereocenters. The molecule has 2 aliphatic heterocycles. The van der Waals surface area contributed by atoms with Crippen molar-refractivity contribution < 1.29 is 14.3 Å². The van der Waals surface area contributed by atoms with Crippen LogP contribution in [0, 0.1) is 5.41 Å². The highest BCUT2D eigenvalue weighted by atomic mass is 16.5. The zero-order chi connectivity index (χ0) is 20.1. The highest BCUT2D eigenvalue weighted by molar-refractivity contribution is 6.00. The minimum absolute atomic E-state index is 0.0270. The molecule has 150 valence electrons. The van der Waals surface area contributed by atoms with Gasteiger partial charge in [-0.25, -0.2) is 0 Å². The molecule has 2 aromatic rings. The van der Waals surface area contributed by atoms with Crippen LogP contribution in [0.15, 0.2) is 48.9 Å². The first-order valence-electron chi connectivity index (χ1n) is 9.76. The Hall–Kier alpha value is -3.19. The second-order valence-corrected chi connectivity index (χ2v) is 7.15. The molecule has 1 amide bonds. The van der Waals surface area contributed by atoms with Crippen molar-refractivity contribution in [2.45, 2.75) is 32.0 Å². The van der Waals surface area contributed by atoms with Gasteiger partial charge in [0.25, 0.3) is 5.91 Å². The van der Waals surface area contributed by atoms with Crippen LogP contribution in [0.5, 0.6) is 5.75 Å². The number of carbonyl (C=O) groups is 1. The van der Waals surface area contributed by atoms with Gasteiger partial charge in [-0.1, -0.05) is 12.1 Å². The zero-order valence-electron chi connectivity index (χ0n) is 16.1. The third-order valence-corrected chi connectivity index (χ3v) is 5.07. The van der Waals surface area contributed by atoms with Gasteiger partial charge in [-0.15, -0.1) is 0 Å². The monoisotopic (exact) mass is 392 g/mol. The van der Waals surface area contributed by atoms with Gasteiger partial charge < -0.3 is 25.1 Å². The van der Waals surface area contributed by atoms with Gasteiger partial charge in [0.1, 0.15) is 6.61 Å². The van der Waals surface area contributed by atoms with E-state index in [1.54, 1.807) is 24.7 Å². The van der Waals surface area contributed by atoms with E-state index in [0.29, 0.717) is 31.0 Å². The second kappa shape index (κ2) is 8.87. The maximum Gasteiger partial charge on any atom is 0.258 e. The van der Waals surface area contributed by atoms with Crippen LogP contribution >= 0.6 is 0 Å². The minimum atomic E-state index is -0.0270. The van der Waals surface area contributed by atoms with Crippen molar-refractivity contribution in [2.75, 3.05) is 18.5 Å². The number of allylic oxidation sites excluding steroid dienone is 1. The standard InChI is InChI=1S/C22H24N4O3/c23-8-2-9-25-18-6-4-16(5-7-18)13-26-14-17-11-24-12-20(21(17)22(26)27)29-15-19-3-1-10-28-19/h2,4-9,11-12,19,23,25H,1,3,10,13-15H2/b9-2-,23-8?. The maximum atomic E-state index is 13.0. The van der Waals surface area contributed by atoms with E-state index in [9.17, 15) is 4.79 Å². The van der Waals surface area contributed by atoms with Crippen LogP contribution in [-0.2, 0) is 17.8 Å². The molecular weight excluding hydrogens is 368 g/mol. The van der Waals surface area contributed by atoms with E-state index in [1.807, 2.05) is 29.2 Å². The van der Waals surface area contributed by atoms with E-state index >= 15 is 0 Å². The molecule has 1 saturated heterocycles. The summed E-state index contributed by atoms with van der Waals surface area (Å²) in [4.78, 5) is 19.1. The van der Waals surface area contributed by atoms with E-state index < -0.39 is 0 Å². The molecule has 2 aliphatic rings. The minimum Gasteiger partial charge on any atom is -0.488 e. The number of pyridine rings is 1. The highest BCUT2D eigenvalue weighted by Crippen LogP contribution is 2.31. The van der Waals surface area contributed by atoms with Gasteiger partial charge in [-0.3, -0.25) is 9.78 Å². The fourth-order valence-corrected chi connectivity index (χ4v) is 3.60. The van der Waals surface area contributed by atoms with Crippen LogP contribution in [0.4, 0.5) is 5.69 Å². The first-order chi connectivity index (χ1) is 14.2. The Kier molecular flexibility index (Phi) is 5.86. The van der Waals surface area contributed by atoms with E-state index in [1.165, 1.54) is 6.21 Å². The number of aromatic nitrogens is 1. The molecule has 0 spiro atoms. The summed E-state index contributed by atoms with van der Waals surface area (Å²) in [7, 11) is 0. The van der Waals surface area contributed by atoms with Gasteiger partial charge in [0.15, 0.2) is 5.75 Å². The Morgan fingerprint density at radius 2 is 2.17 bits per heavy atom. The smallest absolute Gasteiger partial charge is 0.258 e. The van der Waals surface area contributed by atoms with Crippen LogP contribution in [0.1, 0.15) is 34.3 Å². The van der Waals surface area contributed by atoms with Crippen LogP contribution < -0.4 is 10.1 Å². The van der Waals surface area contributed by atoms with Gasteiger partial charge in [-0.2, -0.15) is 0 Å². The van der Waals surface area contributed by atoms with Gasteiger partial charge in [0, 0.05) is 49.6 Å². The normalized spacial score (nSPS) is 18.3. The molecule has 2 N–H and O–H groups in total. The molecule has 4 rings (SSSR count). The summed E-state index contributed by atoms with van der Waals surface area (Å²) in [6.07, 6.45) is 10.0. The summed E-state index contributed by atoms with van der Waals surface area (Å²) in [6, 6.07) is 7.89. The molecule has 0 aliphatic carbocycles. The molecule has 7 nitrogen and oxygen atoms in total. The first-order valence-corrected chi connectivity index (χ1v) is 9.76. The molecule has 0 bridgehead atoms. The molecule has 0 saturated carbocycles. The molecule has 3 heterocycles. The molecule has 1 atom stereocenters. The zero-order valence-corrected chi connectivity index (χ0v) is 16.1. The number of hydrogen-bond donors (Lipinski definition) is 2. The summed E-state index contributed by atoms with van der Waals surface area (Å²) < 4.78 is 11.5. The number of nitrogens with one attached hydrogen (secondary N) is 2. The summed E-state index contributed by atoms with van der Waals surface area (Å²) in [5.41, 5.74) is 3.49. The van der Waals surface area contributed by atoms with Crippen LogP contribution in [-0.4, -0.2) is 41.3 Å². The molecular formula is C22H24N4O3. The fraction of sp³-hybridized carbons (Fsp3) is 0.318. The number of ether oxygens (including phenoxy) is 2. The molecule has 29 heavy (non-hydrogen) atoms. The number of hydrogen-bond acceptors (Lipinski definition) is 6. The SMILES string of the molecule is N=C/C=C\Nc1ccc(CN2Cc3cncc(OCC4CCCO4)c3C2=O)cc1. The quantitative estimate of drug-likeness (QED) is 0.673. The van der Waals surface area contributed by atoms with Gasteiger partial charge in [0.2, 0.25) is 0 Å². The van der Waals surface area contributed by atoms with E-state index in [4.69, 9.17) is 14.9 Å². The van der Waals surface area contributed by atoms with Crippen LogP contribution in [0.3, 0.4) is 0 Å². The topological polar surface area (TPSA) is 87.5 Å². The molecule has 1 aromatic heterocycles. The Balaban J connectivity index is 1.41. The van der Waals surface area contributed by atoms with Gasteiger partial charge >= 0.3 is 0 Å². The van der Waals surface area contributed by atoms with E-state index in [-0.39, 0.29) is 12.0 Å². The molecule has 7 heteroatoms. The Bertz CT molecular complexity index is 905. The van der Waals surface area contributed by atoms with Crippen molar-refractivity contribution in [3.05, 3.63) is 65.6 Å². The van der Waals surface area contributed by atoms with Crippen molar-refractivity contribution in [2.24, 2.45) is 0 Å². The summed E-state index contributed by atoms with van der Waals surface area (Å²) in [5, 5.41) is 10.1. The molecule has 1 aromatic carbocycles. The first kappa shape index (κ1) is 19.1. The number of amides is 1. The number of nitrogens with zero attached hydrogens (tertiary/aromatic N) is 2.